The Hall–Kier alpha value is -0.330. The number of hydrogen-bond donors (Lipinski definition) is 0. The van der Waals surface area contributed by atoms with Crippen LogP contribution in [0.2, 0.25) is 0 Å². The van der Waals surface area contributed by atoms with Crippen molar-refractivity contribution < 1.29 is 0 Å². The van der Waals surface area contributed by atoms with Crippen LogP contribution < -0.4 is 0 Å². The van der Waals surface area contributed by atoms with Crippen molar-refractivity contribution in [1.29, 1.82) is 0 Å². The first-order chi connectivity index (χ1) is 7.53. The summed E-state index contributed by atoms with van der Waals surface area (Å²) in [6.07, 6.45) is 9.16. The molecule has 0 spiro atoms. The maximum atomic E-state index is 4.82. The van der Waals surface area contributed by atoms with Gasteiger partial charge < -0.3 is 0 Å². The molecule has 1 nitrogen and oxygen atoms in total. The van der Waals surface area contributed by atoms with Crippen molar-refractivity contribution in [1.82, 2.24) is 0 Å². The van der Waals surface area contributed by atoms with Crippen molar-refractivity contribution in [2.24, 2.45) is 16.3 Å². The fourth-order valence-corrected chi connectivity index (χ4v) is 3.01. The standard InChI is InChI=1S/C15H29N/c1-5-6-7-8-9-16-14-10-13(2)11-15(3,4)12-14/h13H,5-12H2,1-4H3. The van der Waals surface area contributed by atoms with E-state index in [0.717, 1.165) is 12.5 Å². The number of nitrogens with zero attached hydrogens (tertiary/aromatic N) is 1. The zero-order chi connectivity index (χ0) is 12.0. The van der Waals surface area contributed by atoms with E-state index in [0.29, 0.717) is 5.41 Å². The first-order valence-electron chi connectivity index (χ1n) is 7.06. The van der Waals surface area contributed by atoms with Crippen LogP contribution in [0.3, 0.4) is 0 Å². The molecule has 94 valence electrons. The summed E-state index contributed by atoms with van der Waals surface area (Å²) in [7, 11) is 0. The summed E-state index contributed by atoms with van der Waals surface area (Å²) >= 11 is 0. The fraction of sp³-hybridized carbons (Fsp3) is 0.933. The second kappa shape index (κ2) is 6.42. The molecule has 1 heteroatoms. The Morgan fingerprint density at radius 2 is 2.00 bits per heavy atom. The maximum Gasteiger partial charge on any atom is 0.0388 e. The lowest BCUT2D eigenvalue weighted by atomic mass is 9.72. The summed E-state index contributed by atoms with van der Waals surface area (Å²) in [5.74, 6) is 0.832. The molecule has 1 atom stereocenters. The lowest BCUT2D eigenvalue weighted by molar-refractivity contribution is 0.265. The van der Waals surface area contributed by atoms with E-state index in [1.54, 1.807) is 0 Å². The van der Waals surface area contributed by atoms with Gasteiger partial charge in [0.25, 0.3) is 0 Å². The van der Waals surface area contributed by atoms with Gasteiger partial charge in [-0.2, -0.15) is 0 Å². The Kier molecular flexibility index (Phi) is 5.51. The van der Waals surface area contributed by atoms with Gasteiger partial charge in [0, 0.05) is 12.3 Å². The molecule has 1 rings (SSSR count). The van der Waals surface area contributed by atoms with E-state index in [1.807, 2.05) is 0 Å². The molecule has 0 radical (unpaired) electrons. The topological polar surface area (TPSA) is 12.4 Å². The van der Waals surface area contributed by atoms with Gasteiger partial charge in [0.15, 0.2) is 0 Å². The molecule has 0 bridgehead atoms. The molecule has 1 fully saturated rings. The Labute approximate surface area is 102 Å². The molecule has 0 aromatic rings. The smallest absolute Gasteiger partial charge is 0.0388 e. The molecular formula is C15H29N. The minimum Gasteiger partial charge on any atom is -0.294 e. The van der Waals surface area contributed by atoms with E-state index in [4.69, 9.17) is 4.99 Å². The molecule has 16 heavy (non-hydrogen) atoms. The number of aliphatic imine (C=N–C) groups is 1. The van der Waals surface area contributed by atoms with Crippen molar-refractivity contribution in [3.8, 4) is 0 Å². The van der Waals surface area contributed by atoms with E-state index in [2.05, 4.69) is 27.7 Å². The number of hydrogen-bond acceptors (Lipinski definition) is 1. The maximum absolute atomic E-state index is 4.82. The van der Waals surface area contributed by atoms with Crippen LogP contribution in [0, 0.1) is 11.3 Å². The van der Waals surface area contributed by atoms with Gasteiger partial charge in [-0.1, -0.05) is 47.0 Å². The van der Waals surface area contributed by atoms with Crippen LogP contribution >= 0.6 is 0 Å². The Balaban J connectivity index is 2.32. The van der Waals surface area contributed by atoms with Crippen LogP contribution in [-0.4, -0.2) is 12.3 Å². The largest absolute Gasteiger partial charge is 0.294 e. The summed E-state index contributed by atoms with van der Waals surface area (Å²) < 4.78 is 0. The van der Waals surface area contributed by atoms with E-state index in [1.165, 1.54) is 50.7 Å². The average molecular weight is 223 g/mol. The van der Waals surface area contributed by atoms with Gasteiger partial charge >= 0.3 is 0 Å². The minimum absolute atomic E-state index is 0.486. The van der Waals surface area contributed by atoms with Gasteiger partial charge in [-0.3, -0.25) is 4.99 Å². The molecule has 0 aromatic heterocycles. The van der Waals surface area contributed by atoms with Crippen LogP contribution in [0.1, 0.15) is 72.6 Å². The summed E-state index contributed by atoms with van der Waals surface area (Å²) in [4.78, 5) is 4.82. The molecule has 0 saturated heterocycles. The van der Waals surface area contributed by atoms with E-state index >= 15 is 0 Å². The van der Waals surface area contributed by atoms with Crippen LogP contribution in [0.4, 0.5) is 0 Å². The van der Waals surface area contributed by atoms with Crippen molar-refractivity contribution in [3.63, 3.8) is 0 Å². The van der Waals surface area contributed by atoms with E-state index in [9.17, 15) is 0 Å². The molecule has 0 aromatic carbocycles. The van der Waals surface area contributed by atoms with Crippen molar-refractivity contribution in [2.75, 3.05) is 6.54 Å². The summed E-state index contributed by atoms with van der Waals surface area (Å²) in [5.41, 5.74) is 1.97. The van der Waals surface area contributed by atoms with Crippen LogP contribution in [0.5, 0.6) is 0 Å². The minimum atomic E-state index is 0.486. The molecule has 1 unspecified atom stereocenters. The molecule has 1 aliphatic carbocycles. The van der Waals surface area contributed by atoms with E-state index in [-0.39, 0.29) is 0 Å². The Bertz CT molecular complexity index is 228. The van der Waals surface area contributed by atoms with Crippen molar-refractivity contribution in [3.05, 3.63) is 0 Å². The van der Waals surface area contributed by atoms with Gasteiger partial charge in [-0.05, 0) is 37.0 Å². The summed E-state index contributed by atoms with van der Waals surface area (Å²) in [5, 5.41) is 0. The van der Waals surface area contributed by atoms with Gasteiger partial charge in [0.05, 0.1) is 0 Å². The van der Waals surface area contributed by atoms with Crippen molar-refractivity contribution in [2.45, 2.75) is 72.6 Å². The molecule has 1 aliphatic rings. The molecule has 0 amide bonds. The summed E-state index contributed by atoms with van der Waals surface area (Å²) in [6, 6.07) is 0. The van der Waals surface area contributed by atoms with Crippen LogP contribution in [-0.2, 0) is 0 Å². The predicted molar refractivity (Wildman–Crippen MR) is 73.2 cm³/mol. The fourth-order valence-electron chi connectivity index (χ4n) is 3.01. The normalized spacial score (nSPS) is 27.2. The third-order valence-electron chi connectivity index (χ3n) is 3.51. The van der Waals surface area contributed by atoms with Gasteiger partial charge in [0.1, 0.15) is 0 Å². The zero-order valence-corrected chi connectivity index (χ0v) is 11.7. The second-order valence-corrected chi connectivity index (χ2v) is 6.36. The highest BCUT2D eigenvalue weighted by Crippen LogP contribution is 2.36. The molecule has 0 N–H and O–H groups in total. The highest BCUT2D eigenvalue weighted by Gasteiger charge is 2.28. The van der Waals surface area contributed by atoms with Crippen molar-refractivity contribution >= 4 is 5.71 Å². The molecule has 1 saturated carbocycles. The van der Waals surface area contributed by atoms with Gasteiger partial charge in [-0.25, -0.2) is 0 Å². The van der Waals surface area contributed by atoms with Crippen LogP contribution in [0.25, 0.3) is 0 Å². The van der Waals surface area contributed by atoms with Crippen LogP contribution in [0.15, 0.2) is 4.99 Å². The lowest BCUT2D eigenvalue weighted by Crippen LogP contribution is -2.27. The third kappa shape index (κ3) is 5.14. The average Bonchev–Trinajstić information content (AvgIpc) is 2.14. The predicted octanol–water partition coefficient (Wildman–Crippen LogP) is 4.85. The molecular weight excluding hydrogens is 194 g/mol. The molecule has 0 heterocycles. The highest BCUT2D eigenvalue weighted by atomic mass is 14.7. The SMILES string of the molecule is CCCCCCN=C1CC(C)CC(C)(C)C1. The lowest BCUT2D eigenvalue weighted by Gasteiger charge is -2.34. The first-order valence-corrected chi connectivity index (χ1v) is 7.06. The highest BCUT2D eigenvalue weighted by molar-refractivity contribution is 5.86. The van der Waals surface area contributed by atoms with E-state index < -0.39 is 0 Å². The van der Waals surface area contributed by atoms with Gasteiger partial charge in [-0.15, -0.1) is 0 Å². The number of unbranched alkanes of at least 4 members (excludes halogenated alkanes) is 3. The Morgan fingerprint density at radius 3 is 2.62 bits per heavy atom. The zero-order valence-electron chi connectivity index (χ0n) is 11.7. The van der Waals surface area contributed by atoms with Gasteiger partial charge in [0.2, 0.25) is 0 Å². The first kappa shape index (κ1) is 13.7. The third-order valence-corrected chi connectivity index (χ3v) is 3.51. The Morgan fingerprint density at radius 1 is 1.25 bits per heavy atom. The number of rotatable bonds is 5. The monoisotopic (exact) mass is 223 g/mol. The quantitative estimate of drug-likeness (QED) is 0.591. The summed E-state index contributed by atoms with van der Waals surface area (Å²) in [6.45, 7) is 10.5. The molecule has 0 aliphatic heterocycles. The second-order valence-electron chi connectivity index (χ2n) is 6.36.